The van der Waals surface area contributed by atoms with Gasteiger partial charge in [-0.05, 0) is 36.2 Å². The van der Waals surface area contributed by atoms with E-state index in [2.05, 4.69) is 32.9 Å². The van der Waals surface area contributed by atoms with Gasteiger partial charge in [0.25, 0.3) is 0 Å². The minimum atomic E-state index is -0.00976. The monoisotopic (exact) mass is 260 g/mol. The molecule has 19 heavy (non-hydrogen) atoms. The van der Waals surface area contributed by atoms with E-state index in [0.29, 0.717) is 24.4 Å². The molecule has 104 valence electrons. The molecule has 2 nitrogen and oxygen atoms in total. The number of carbonyl (C=O) groups excluding carboxylic acids is 1. The van der Waals surface area contributed by atoms with Gasteiger partial charge < -0.3 is 4.74 Å². The lowest BCUT2D eigenvalue weighted by molar-refractivity contribution is -0.146. The highest BCUT2D eigenvalue weighted by Gasteiger charge is 2.45. The van der Waals surface area contributed by atoms with Crippen molar-refractivity contribution in [3.05, 3.63) is 35.9 Å². The van der Waals surface area contributed by atoms with Crippen LogP contribution in [0.5, 0.6) is 0 Å². The molecular weight excluding hydrogens is 236 g/mol. The van der Waals surface area contributed by atoms with Crippen molar-refractivity contribution in [3.63, 3.8) is 0 Å². The minimum Gasteiger partial charge on any atom is -0.465 e. The van der Waals surface area contributed by atoms with E-state index in [1.54, 1.807) is 0 Å². The Hall–Kier alpha value is -1.31. The molecular formula is C17H24O2. The molecule has 1 fully saturated rings. The number of benzene rings is 1. The Balaban J connectivity index is 1.74. The first-order chi connectivity index (χ1) is 9.08. The van der Waals surface area contributed by atoms with Crippen LogP contribution in [-0.4, -0.2) is 12.6 Å². The Kier molecular flexibility index (Phi) is 4.62. The second-order valence-corrected chi connectivity index (χ2v) is 6.22. The first-order valence-corrected chi connectivity index (χ1v) is 7.29. The molecule has 0 radical (unpaired) electrons. The molecule has 0 N–H and O–H groups in total. The van der Waals surface area contributed by atoms with Gasteiger partial charge in [0.1, 0.15) is 0 Å². The SMILES string of the molecule is CC(C)CC(C)COC(=O)[C@H]1C[C@@H]1c1ccccc1. The topological polar surface area (TPSA) is 26.3 Å². The lowest BCUT2D eigenvalue weighted by atomic mass is 10.00. The first kappa shape index (κ1) is 14.1. The highest BCUT2D eigenvalue weighted by atomic mass is 16.5. The van der Waals surface area contributed by atoms with Crippen LogP contribution in [0.2, 0.25) is 0 Å². The van der Waals surface area contributed by atoms with E-state index in [0.717, 1.165) is 12.8 Å². The Labute approximate surface area is 116 Å². The van der Waals surface area contributed by atoms with Gasteiger partial charge in [-0.3, -0.25) is 4.79 Å². The third kappa shape index (κ3) is 4.09. The number of hydrogen-bond acceptors (Lipinski definition) is 2. The van der Waals surface area contributed by atoms with Gasteiger partial charge in [-0.1, -0.05) is 51.1 Å². The fourth-order valence-corrected chi connectivity index (χ4v) is 2.73. The van der Waals surface area contributed by atoms with Crippen LogP contribution in [0.25, 0.3) is 0 Å². The molecule has 2 rings (SSSR count). The molecule has 1 saturated carbocycles. The van der Waals surface area contributed by atoms with E-state index in [1.807, 2.05) is 18.2 Å². The smallest absolute Gasteiger partial charge is 0.309 e. The zero-order valence-electron chi connectivity index (χ0n) is 12.1. The fraction of sp³-hybridized carbons (Fsp3) is 0.588. The summed E-state index contributed by atoms with van der Waals surface area (Å²) in [7, 11) is 0. The number of esters is 1. The summed E-state index contributed by atoms with van der Waals surface area (Å²) in [6.07, 6.45) is 2.06. The van der Waals surface area contributed by atoms with Crippen LogP contribution in [0.4, 0.5) is 0 Å². The van der Waals surface area contributed by atoms with Gasteiger partial charge in [0, 0.05) is 0 Å². The molecule has 1 aromatic rings. The highest BCUT2D eigenvalue weighted by molar-refractivity contribution is 5.77. The van der Waals surface area contributed by atoms with Gasteiger partial charge in [0.2, 0.25) is 0 Å². The summed E-state index contributed by atoms with van der Waals surface area (Å²) in [5.41, 5.74) is 1.26. The van der Waals surface area contributed by atoms with Crippen LogP contribution < -0.4 is 0 Å². The van der Waals surface area contributed by atoms with Gasteiger partial charge in [-0.2, -0.15) is 0 Å². The highest BCUT2D eigenvalue weighted by Crippen LogP contribution is 2.48. The predicted octanol–water partition coefficient (Wildman–Crippen LogP) is 4.02. The lowest BCUT2D eigenvalue weighted by Gasteiger charge is -2.14. The molecule has 1 aliphatic rings. The summed E-state index contributed by atoms with van der Waals surface area (Å²) < 4.78 is 5.44. The number of rotatable bonds is 6. The van der Waals surface area contributed by atoms with E-state index in [-0.39, 0.29) is 11.9 Å². The van der Waals surface area contributed by atoms with Crippen LogP contribution in [0, 0.1) is 17.8 Å². The minimum absolute atomic E-state index is 0.00976. The second-order valence-electron chi connectivity index (χ2n) is 6.22. The molecule has 0 saturated heterocycles. The van der Waals surface area contributed by atoms with Crippen molar-refractivity contribution in [1.82, 2.24) is 0 Å². The molecule has 2 heteroatoms. The second kappa shape index (κ2) is 6.23. The van der Waals surface area contributed by atoms with Crippen molar-refractivity contribution in [2.75, 3.05) is 6.61 Å². The largest absolute Gasteiger partial charge is 0.465 e. The third-order valence-electron chi connectivity index (χ3n) is 3.70. The summed E-state index contributed by atoms with van der Waals surface area (Å²) in [6.45, 7) is 7.11. The lowest BCUT2D eigenvalue weighted by Crippen LogP contribution is -2.15. The Morgan fingerprint density at radius 3 is 2.58 bits per heavy atom. The van der Waals surface area contributed by atoms with Gasteiger partial charge in [-0.25, -0.2) is 0 Å². The third-order valence-corrected chi connectivity index (χ3v) is 3.70. The number of ether oxygens (including phenoxy) is 1. The zero-order chi connectivity index (χ0) is 13.8. The van der Waals surface area contributed by atoms with Crippen LogP contribution in [0.3, 0.4) is 0 Å². The average Bonchev–Trinajstić information content (AvgIpc) is 3.16. The molecule has 0 bridgehead atoms. The molecule has 0 heterocycles. The van der Waals surface area contributed by atoms with E-state index in [9.17, 15) is 4.79 Å². The predicted molar refractivity (Wildman–Crippen MR) is 76.9 cm³/mol. The molecule has 1 aliphatic carbocycles. The average molecular weight is 260 g/mol. The van der Waals surface area contributed by atoms with E-state index < -0.39 is 0 Å². The fourth-order valence-electron chi connectivity index (χ4n) is 2.73. The molecule has 0 spiro atoms. The van der Waals surface area contributed by atoms with Gasteiger partial charge in [0.05, 0.1) is 12.5 Å². The standard InChI is InChI=1S/C17H24O2/c1-12(2)9-13(3)11-19-17(18)16-10-15(16)14-7-5-4-6-8-14/h4-8,12-13,15-16H,9-11H2,1-3H3/t13?,15-,16+/m1/s1. The van der Waals surface area contributed by atoms with Crippen molar-refractivity contribution in [2.45, 2.75) is 39.5 Å². The summed E-state index contributed by atoms with van der Waals surface area (Å²) in [6, 6.07) is 10.3. The number of carbonyl (C=O) groups is 1. The molecule has 1 unspecified atom stereocenters. The molecule has 1 aromatic carbocycles. The van der Waals surface area contributed by atoms with Crippen molar-refractivity contribution >= 4 is 5.97 Å². The molecule has 0 aromatic heterocycles. The van der Waals surface area contributed by atoms with Gasteiger partial charge in [-0.15, -0.1) is 0 Å². The van der Waals surface area contributed by atoms with Crippen LogP contribution >= 0.6 is 0 Å². The van der Waals surface area contributed by atoms with Crippen LogP contribution in [0.1, 0.15) is 45.1 Å². The normalized spacial score (nSPS) is 23.2. The maximum Gasteiger partial charge on any atom is 0.309 e. The Morgan fingerprint density at radius 1 is 1.26 bits per heavy atom. The van der Waals surface area contributed by atoms with Crippen LogP contribution in [-0.2, 0) is 9.53 Å². The quantitative estimate of drug-likeness (QED) is 0.722. The molecule has 0 amide bonds. The summed E-state index contributed by atoms with van der Waals surface area (Å²) >= 11 is 0. The maximum atomic E-state index is 12.0. The van der Waals surface area contributed by atoms with E-state index in [1.165, 1.54) is 5.56 Å². The summed E-state index contributed by atoms with van der Waals surface area (Å²) in [4.78, 5) is 12.0. The Morgan fingerprint density at radius 2 is 1.95 bits per heavy atom. The molecule has 3 atom stereocenters. The van der Waals surface area contributed by atoms with E-state index >= 15 is 0 Å². The van der Waals surface area contributed by atoms with E-state index in [4.69, 9.17) is 4.74 Å². The Bertz CT molecular complexity index is 411. The number of hydrogen-bond donors (Lipinski definition) is 0. The van der Waals surface area contributed by atoms with Gasteiger partial charge >= 0.3 is 5.97 Å². The zero-order valence-corrected chi connectivity index (χ0v) is 12.1. The van der Waals surface area contributed by atoms with Crippen molar-refractivity contribution in [1.29, 1.82) is 0 Å². The molecule has 0 aliphatic heterocycles. The van der Waals surface area contributed by atoms with Gasteiger partial charge in [0.15, 0.2) is 0 Å². The first-order valence-electron chi connectivity index (χ1n) is 7.29. The van der Waals surface area contributed by atoms with Crippen molar-refractivity contribution in [3.8, 4) is 0 Å². The summed E-state index contributed by atoms with van der Waals surface area (Å²) in [5, 5.41) is 0. The maximum absolute atomic E-state index is 12.0. The summed E-state index contributed by atoms with van der Waals surface area (Å²) in [5.74, 6) is 1.58. The van der Waals surface area contributed by atoms with Crippen LogP contribution in [0.15, 0.2) is 30.3 Å². The van der Waals surface area contributed by atoms with Crippen molar-refractivity contribution in [2.24, 2.45) is 17.8 Å². The van der Waals surface area contributed by atoms with Crippen molar-refractivity contribution < 1.29 is 9.53 Å².